The van der Waals surface area contributed by atoms with Crippen LogP contribution in [0.1, 0.15) is 17.5 Å². The molecular formula is C23H24ClF3N2O2. The van der Waals surface area contributed by atoms with Crippen molar-refractivity contribution in [2.75, 3.05) is 39.3 Å². The van der Waals surface area contributed by atoms with E-state index in [1.807, 2.05) is 0 Å². The Balaban J connectivity index is 0.00000341. The molecule has 0 aromatic heterocycles. The quantitative estimate of drug-likeness (QED) is 0.689. The molecule has 0 bridgehead atoms. The second kappa shape index (κ2) is 11.2. The first kappa shape index (κ1) is 24.7. The maximum absolute atomic E-state index is 13.6. The molecule has 31 heavy (non-hydrogen) atoms. The summed E-state index contributed by atoms with van der Waals surface area (Å²) in [6.07, 6.45) is -4.34. The number of carbonyl (C=O) groups is 1. The molecular weight excluding hydrogens is 429 g/mol. The van der Waals surface area contributed by atoms with Crippen molar-refractivity contribution < 1.29 is 23.1 Å². The highest BCUT2D eigenvalue weighted by Crippen LogP contribution is 2.37. The third-order valence-corrected chi connectivity index (χ3v) is 5.05. The van der Waals surface area contributed by atoms with Crippen molar-refractivity contribution in [1.82, 2.24) is 9.80 Å². The van der Waals surface area contributed by atoms with E-state index in [1.165, 1.54) is 6.07 Å². The summed E-state index contributed by atoms with van der Waals surface area (Å²) >= 11 is 0. The largest absolute Gasteiger partial charge is 0.481 e. The minimum absolute atomic E-state index is 0. The highest BCUT2D eigenvalue weighted by Gasteiger charge is 2.33. The number of hydrogen-bond donors (Lipinski definition) is 1. The van der Waals surface area contributed by atoms with Gasteiger partial charge in [0.25, 0.3) is 0 Å². The van der Waals surface area contributed by atoms with Crippen molar-refractivity contribution in [2.45, 2.75) is 12.6 Å². The number of benzene rings is 2. The number of carboxylic acids is 1. The van der Waals surface area contributed by atoms with Crippen LogP contribution in [0.5, 0.6) is 0 Å². The average Bonchev–Trinajstić information content (AvgIpc) is 2.73. The molecule has 2 aromatic rings. The van der Waals surface area contributed by atoms with Gasteiger partial charge >= 0.3 is 12.1 Å². The van der Waals surface area contributed by atoms with Gasteiger partial charge in [-0.1, -0.05) is 48.2 Å². The van der Waals surface area contributed by atoms with Crippen LogP contribution in [-0.4, -0.2) is 60.1 Å². The first-order chi connectivity index (χ1) is 14.3. The van der Waals surface area contributed by atoms with Crippen LogP contribution in [0.15, 0.2) is 48.5 Å². The van der Waals surface area contributed by atoms with E-state index in [2.05, 4.69) is 21.6 Å². The lowest BCUT2D eigenvalue weighted by Gasteiger charge is -2.33. The number of aliphatic carboxylic acids is 1. The minimum atomic E-state index is -4.46. The predicted molar refractivity (Wildman–Crippen MR) is 116 cm³/mol. The third-order valence-electron chi connectivity index (χ3n) is 5.05. The first-order valence-electron chi connectivity index (χ1n) is 9.75. The van der Waals surface area contributed by atoms with E-state index in [4.69, 9.17) is 5.11 Å². The molecule has 4 nitrogen and oxygen atoms in total. The number of nitrogens with zero attached hydrogens (tertiary/aromatic N) is 2. The zero-order valence-electron chi connectivity index (χ0n) is 16.9. The van der Waals surface area contributed by atoms with Crippen LogP contribution in [0.4, 0.5) is 13.2 Å². The molecule has 1 N–H and O–H groups in total. The number of hydrogen-bond acceptors (Lipinski definition) is 3. The second-order valence-electron chi connectivity index (χ2n) is 7.19. The Hall–Kier alpha value is -2.53. The van der Waals surface area contributed by atoms with Gasteiger partial charge in [0.1, 0.15) is 0 Å². The predicted octanol–water partition coefficient (Wildman–Crippen LogP) is 4.24. The molecule has 0 saturated carbocycles. The average molecular weight is 453 g/mol. The van der Waals surface area contributed by atoms with Crippen LogP contribution in [0.2, 0.25) is 0 Å². The highest BCUT2D eigenvalue weighted by molar-refractivity contribution is 5.85. The van der Waals surface area contributed by atoms with Crippen LogP contribution in [0.3, 0.4) is 0 Å². The topological polar surface area (TPSA) is 43.8 Å². The van der Waals surface area contributed by atoms with Crippen LogP contribution < -0.4 is 0 Å². The molecule has 1 heterocycles. The maximum Gasteiger partial charge on any atom is 0.417 e. The van der Waals surface area contributed by atoms with Gasteiger partial charge in [-0.2, -0.15) is 13.2 Å². The smallest absolute Gasteiger partial charge is 0.417 e. The summed E-state index contributed by atoms with van der Waals surface area (Å²) in [5, 5.41) is 8.75. The summed E-state index contributed by atoms with van der Waals surface area (Å²) in [4.78, 5) is 14.9. The van der Waals surface area contributed by atoms with Gasteiger partial charge in [0, 0.05) is 38.3 Å². The Morgan fingerprint density at radius 2 is 1.65 bits per heavy atom. The van der Waals surface area contributed by atoms with Crippen molar-refractivity contribution in [3.63, 3.8) is 0 Å². The summed E-state index contributed by atoms with van der Waals surface area (Å²) in [5.74, 6) is 5.02. The maximum atomic E-state index is 13.6. The van der Waals surface area contributed by atoms with E-state index in [1.54, 1.807) is 36.4 Å². The molecule has 1 aliphatic heterocycles. The van der Waals surface area contributed by atoms with Crippen molar-refractivity contribution in [1.29, 1.82) is 0 Å². The van der Waals surface area contributed by atoms with Gasteiger partial charge in [-0.3, -0.25) is 9.69 Å². The fourth-order valence-electron chi connectivity index (χ4n) is 3.40. The van der Waals surface area contributed by atoms with Gasteiger partial charge in [0.15, 0.2) is 0 Å². The summed E-state index contributed by atoms with van der Waals surface area (Å²) in [6, 6.07) is 12.7. The van der Waals surface area contributed by atoms with Crippen molar-refractivity contribution >= 4 is 18.4 Å². The minimum Gasteiger partial charge on any atom is -0.481 e. The Morgan fingerprint density at radius 3 is 2.26 bits per heavy atom. The van der Waals surface area contributed by atoms with E-state index >= 15 is 0 Å². The molecule has 166 valence electrons. The van der Waals surface area contributed by atoms with Gasteiger partial charge in [-0.05, 0) is 23.3 Å². The summed E-state index contributed by atoms with van der Waals surface area (Å²) in [7, 11) is 0. The van der Waals surface area contributed by atoms with E-state index < -0.39 is 17.7 Å². The van der Waals surface area contributed by atoms with E-state index in [9.17, 15) is 18.0 Å². The number of halogens is 4. The Kier molecular flexibility index (Phi) is 8.93. The molecule has 0 unspecified atom stereocenters. The lowest BCUT2D eigenvalue weighted by atomic mass is 9.97. The summed E-state index contributed by atoms with van der Waals surface area (Å²) < 4.78 is 40.7. The van der Waals surface area contributed by atoms with Crippen LogP contribution >= 0.6 is 12.4 Å². The first-order valence-corrected chi connectivity index (χ1v) is 9.75. The molecule has 0 spiro atoms. The van der Waals surface area contributed by atoms with Gasteiger partial charge in [-0.25, -0.2) is 0 Å². The van der Waals surface area contributed by atoms with Crippen molar-refractivity contribution in [3.05, 3.63) is 59.7 Å². The monoisotopic (exact) mass is 452 g/mol. The molecule has 0 atom stereocenters. The zero-order chi connectivity index (χ0) is 21.6. The number of carboxylic acid groups (broad SMARTS) is 1. The summed E-state index contributed by atoms with van der Waals surface area (Å²) in [6.45, 7) is 4.04. The number of rotatable bonds is 5. The van der Waals surface area contributed by atoms with Crippen molar-refractivity contribution in [3.8, 4) is 23.0 Å². The molecule has 1 saturated heterocycles. The Bertz CT molecular complexity index is 931. The van der Waals surface area contributed by atoms with Crippen LogP contribution in [0.25, 0.3) is 11.1 Å². The van der Waals surface area contributed by atoms with Gasteiger partial charge in [-0.15, -0.1) is 12.4 Å². The van der Waals surface area contributed by atoms with Crippen LogP contribution in [0, 0.1) is 11.8 Å². The highest BCUT2D eigenvalue weighted by atomic mass is 35.5. The lowest BCUT2D eigenvalue weighted by molar-refractivity contribution is -0.138. The number of alkyl halides is 3. The van der Waals surface area contributed by atoms with E-state index in [0.717, 1.165) is 32.2 Å². The van der Waals surface area contributed by atoms with Gasteiger partial charge in [0.2, 0.25) is 0 Å². The van der Waals surface area contributed by atoms with Gasteiger partial charge < -0.3 is 10.0 Å². The molecule has 2 aromatic carbocycles. The third kappa shape index (κ3) is 7.28. The normalized spacial score (nSPS) is 14.9. The second-order valence-corrected chi connectivity index (χ2v) is 7.19. The van der Waals surface area contributed by atoms with Crippen molar-refractivity contribution in [2.24, 2.45) is 0 Å². The van der Waals surface area contributed by atoms with E-state index in [-0.39, 0.29) is 24.4 Å². The molecule has 1 fully saturated rings. The van der Waals surface area contributed by atoms with Gasteiger partial charge in [0.05, 0.1) is 18.5 Å². The Morgan fingerprint density at radius 1 is 1.00 bits per heavy atom. The summed E-state index contributed by atoms with van der Waals surface area (Å²) in [5.41, 5.74) is 0.311. The Labute approximate surface area is 186 Å². The van der Waals surface area contributed by atoms with Crippen LogP contribution in [-0.2, 0) is 11.0 Å². The fraction of sp³-hybridized carbons (Fsp3) is 0.348. The zero-order valence-corrected chi connectivity index (χ0v) is 17.7. The number of piperazine rings is 1. The van der Waals surface area contributed by atoms with E-state index in [0.29, 0.717) is 24.2 Å². The molecule has 0 aliphatic carbocycles. The molecule has 0 radical (unpaired) electrons. The molecule has 8 heteroatoms. The lowest BCUT2D eigenvalue weighted by Crippen LogP contribution is -2.46. The standard InChI is InChI=1S/C23H23F3N2O2.ClH/c24-23(25,26)21-17-18(8-9-20(21)19-6-2-1-3-7-19)5-4-11-27-13-15-28(16-14-27)12-10-22(29)30;/h1-3,6-9,17H,10-16H2,(H,29,30);1H. The SMILES string of the molecule is Cl.O=C(O)CCN1CCN(CC#Cc2ccc(-c3ccccc3)c(C(F)(F)F)c2)CC1. The fourth-order valence-corrected chi connectivity index (χ4v) is 3.40. The molecule has 0 amide bonds. The molecule has 1 aliphatic rings. The molecule has 3 rings (SSSR count).